The molecular weight excluding hydrogens is 248 g/mol. The van der Waals surface area contributed by atoms with Crippen LogP contribution in [0.1, 0.15) is 28.8 Å². The second-order valence-corrected chi connectivity index (χ2v) is 4.48. The first-order valence-corrected chi connectivity index (χ1v) is 5.87. The van der Waals surface area contributed by atoms with Crippen LogP contribution in [0.2, 0.25) is 0 Å². The Balaban J connectivity index is 2.17. The number of carboxylic acid groups (broad SMARTS) is 1. The maximum Gasteiger partial charge on any atom is 0.321 e. The summed E-state index contributed by atoms with van der Waals surface area (Å²) in [5.41, 5.74) is 2.02. The number of hydrogen-bond acceptors (Lipinski definition) is 3. The molecule has 19 heavy (non-hydrogen) atoms. The molecule has 0 aliphatic carbocycles. The first kappa shape index (κ1) is 13.1. The van der Waals surface area contributed by atoms with Crippen LogP contribution in [0.4, 0.5) is 10.5 Å². The molecule has 0 radical (unpaired) electrons. The molecule has 6 nitrogen and oxygen atoms in total. The average molecular weight is 262 g/mol. The van der Waals surface area contributed by atoms with Crippen LogP contribution in [0, 0.1) is 0 Å². The van der Waals surface area contributed by atoms with Gasteiger partial charge in [0.1, 0.15) is 0 Å². The Morgan fingerprint density at radius 1 is 1.37 bits per heavy atom. The third kappa shape index (κ3) is 2.90. The molecule has 0 fully saturated rings. The highest BCUT2D eigenvalue weighted by Crippen LogP contribution is 2.24. The number of carbonyl (C=O) groups excluding carboxylic acids is 2. The summed E-state index contributed by atoms with van der Waals surface area (Å²) in [4.78, 5) is 35.2. The van der Waals surface area contributed by atoms with Gasteiger partial charge in [-0.25, -0.2) is 4.79 Å². The lowest BCUT2D eigenvalue weighted by Gasteiger charge is -2.26. The molecule has 1 aromatic rings. The van der Waals surface area contributed by atoms with E-state index in [-0.39, 0.29) is 24.7 Å². The lowest BCUT2D eigenvalue weighted by Crippen LogP contribution is -2.35. The number of benzene rings is 1. The van der Waals surface area contributed by atoms with E-state index in [1.54, 1.807) is 25.2 Å². The molecule has 100 valence electrons. The zero-order valence-electron chi connectivity index (χ0n) is 10.5. The van der Waals surface area contributed by atoms with Crippen molar-refractivity contribution >= 4 is 23.5 Å². The van der Waals surface area contributed by atoms with Crippen LogP contribution in [0.15, 0.2) is 18.2 Å². The average Bonchev–Trinajstić information content (AvgIpc) is 2.36. The molecule has 0 saturated carbocycles. The minimum absolute atomic E-state index is 0.0175. The summed E-state index contributed by atoms with van der Waals surface area (Å²) in [6.45, 7) is 0.432. The topological polar surface area (TPSA) is 86.7 Å². The number of carbonyl (C=O) groups is 3. The summed E-state index contributed by atoms with van der Waals surface area (Å²) in [7, 11) is 1.66. The third-order valence-electron chi connectivity index (χ3n) is 2.99. The zero-order valence-corrected chi connectivity index (χ0v) is 10.5. The van der Waals surface area contributed by atoms with Gasteiger partial charge in [0.25, 0.3) is 0 Å². The maximum absolute atomic E-state index is 11.8. The van der Waals surface area contributed by atoms with Gasteiger partial charge in [0.15, 0.2) is 5.78 Å². The molecular formula is C13H14N2O4. The van der Waals surface area contributed by atoms with Crippen molar-refractivity contribution in [2.45, 2.75) is 19.4 Å². The molecule has 2 rings (SSSR count). The van der Waals surface area contributed by atoms with Crippen molar-refractivity contribution in [2.75, 3.05) is 12.4 Å². The molecule has 0 unspecified atom stereocenters. The molecule has 2 amide bonds. The molecule has 0 aromatic heterocycles. The Morgan fingerprint density at radius 3 is 2.79 bits per heavy atom. The second-order valence-electron chi connectivity index (χ2n) is 4.48. The predicted octanol–water partition coefficient (Wildman–Crippen LogP) is 1.71. The van der Waals surface area contributed by atoms with Gasteiger partial charge in [-0.3, -0.25) is 9.59 Å². The van der Waals surface area contributed by atoms with Crippen LogP contribution in [0.3, 0.4) is 0 Å². The fraction of sp³-hybridized carbons (Fsp3) is 0.308. The lowest BCUT2D eigenvalue weighted by molar-refractivity contribution is -0.136. The summed E-state index contributed by atoms with van der Waals surface area (Å²) >= 11 is 0. The van der Waals surface area contributed by atoms with E-state index >= 15 is 0 Å². The molecule has 0 atom stereocenters. The summed E-state index contributed by atoms with van der Waals surface area (Å²) < 4.78 is 0. The molecule has 0 bridgehead atoms. The number of Topliss-reactive ketones (excluding diaryl/α,β-unsaturated/α-hetero) is 1. The monoisotopic (exact) mass is 262 g/mol. The smallest absolute Gasteiger partial charge is 0.321 e. The summed E-state index contributed by atoms with van der Waals surface area (Å²) in [6.07, 6.45) is -0.192. The highest BCUT2D eigenvalue weighted by Gasteiger charge is 2.20. The van der Waals surface area contributed by atoms with Crippen LogP contribution in [0.5, 0.6) is 0 Å². The Morgan fingerprint density at radius 2 is 2.11 bits per heavy atom. The minimum atomic E-state index is -0.988. The SMILES string of the molecule is CN1Cc2cc(C(=O)CCC(=O)O)ccc2NC1=O. The molecule has 0 saturated heterocycles. The van der Waals surface area contributed by atoms with E-state index in [0.717, 1.165) is 5.56 Å². The van der Waals surface area contributed by atoms with E-state index < -0.39 is 5.97 Å². The number of ketones is 1. The fourth-order valence-electron chi connectivity index (χ4n) is 1.92. The molecule has 1 aliphatic heterocycles. The Labute approximate surface area is 110 Å². The lowest BCUT2D eigenvalue weighted by atomic mass is 10.0. The fourth-order valence-corrected chi connectivity index (χ4v) is 1.92. The zero-order chi connectivity index (χ0) is 14.0. The van der Waals surface area contributed by atoms with Crippen molar-refractivity contribution in [2.24, 2.45) is 0 Å². The third-order valence-corrected chi connectivity index (χ3v) is 2.99. The van der Waals surface area contributed by atoms with E-state index in [4.69, 9.17) is 5.11 Å². The van der Waals surface area contributed by atoms with E-state index in [9.17, 15) is 14.4 Å². The van der Waals surface area contributed by atoms with Crippen LogP contribution in [-0.2, 0) is 11.3 Å². The van der Waals surface area contributed by atoms with E-state index in [0.29, 0.717) is 17.8 Å². The van der Waals surface area contributed by atoms with Crippen LogP contribution < -0.4 is 5.32 Å². The van der Waals surface area contributed by atoms with Crippen LogP contribution in [-0.4, -0.2) is 34.8 Å². The molecule has 6 heteroatoms. The molecule has 1 aliphatic rings. The number of urea groups is 1. The number of aliphatic carboxylic acids is 1. The number of amides is 2. The molecule has 2 N–H and O–H groups in total. The molecule has 1 heterocycles. The van der Waals surface area contributed by atoms with Crippen LogP contribution in [0.25, 0.3) is 0 Å². The Bertz CT molecular complexity index is 554. The molecule has 0 spiro atoms. The van der Waals surface area contributed by atoms with Crippen molar-refractivity contribution in [3.8, 4) is 0 Å². The minimum Gasteiger partial charge on any atom is -0.481 e. The summed E-state index contributed by atoms with van der Waals surface area (Å²) in [5, 5.41) is 11.3. The van der Waals surface area contributed by atoms with Crippen molar-refractivity contribution < 1.29 is 19.5 Å². The van der Waals surface area contributed by atoms with Gasteiger partial charge in [-0.05, 0) is 23.8 Å². The van der Waals surface area contributed by atoms with Gasteiger partial charge in [-0.15, -0.1) is 0 Å². The highest BCUT2D eigenvalue weighted by molar-refractivity contribution is 5.99. The Kier molecular flexibility index (Phi) is 3.50. The van der Waals surface area contributed by atoms with E-state index in [1.165, 1.54) is 4.90 Å². The number of nitrogens with zero attached hydrogens (tertiary/aromatic N) is 1. The quantitative estimate of drug-likeness (QED) is 0.809. The maximum atomic E-state index is 11.8. The normalized spacial score (nSPS) is 13.7. The van der Waals surface area contributed by atoms with Gasteiger partial charge >= 0.3 is 12.0 Å². The number of rotatable bonds is 4. The summed E-state index contributed by atoms with van der Waals surface area (Å²) in [5.74, 6) is -1.19. The van der Waals surface area contributed by atoms with E-state index in [2.05, 4.69) is 5.32 Å². The number of fused-ring (bicyclic) bond motifs is 1. The van der Waals surface area contributed by atoms with Gasteiger partial charge in [0, 0.05) is 31.3 Å². The summed E-state index contributed by atoms with van der Waals surface area (Å²) in [6, 6.07) is 4.80. The van der Waals surface area contributed by atoms with Crippen molar-refractivity contribution in [3.05, 3.63) is 29.3 Å². The number of anilines is 1. The number of carboxylic acids is 1. The van der Waals surface area contributed by atoms with E-state index in [1.807, 2.05) is 0 Å². The predicted molar refractivity (Wildman–Crippen MR) is 68.1 cm³/mol. The van der Waals surface area contributed by atoms with Gasteiger partial charge in [0.2, 0.25) is 0 Å². The van der Waals surface area contributed by atoms with Gasteiger partial charge in [-0.2, -0.15) is 0 Å². The molecule has 1 aromatic carbocycles. The number of nitrogens with one attached hydrogen (secondary N) is 1. The largest absolute Gasteiger partial charge is 0.481 e. The highest BCUT2D eigenvalue weighted by atomic mass is 16.4. The second kappa shape index (κ2) is 5.09. The van der Waals surface area contributed by atoms with Crippen LogP contribution >= 0.6 is 0 Å². The van der Waals surface area contributed by atoms with Gasteiger partial charge in [0.05, 0.1) is 6.42 Å². The van der Waals surface area contributed by atoms with Gasteiger partial charge in [-0.1, -0.05) is 0 Å². The van der Waals surface area contributed by atoms with Gasteiger partial charge < -0.3 is 15.3 Å². The van der Waals surface area contributed by atoms with Crippen molar-refractivity contribution in [1.29, 1.82) is 0 Å². The first-order chi connectivity index (χ1) is 8.97. The van der Waals surface area contributed by atoms with Crippen molar-refractivity contribution in [1.82, 2.24) is 4.90 Å². The first-order valence-electron chi connectivity index (χ1n) is 5.87. The van der Waals surface area contributed by atoms with Crippen molar-refractivity contribution in [3.63, 3.8) is 0 Å². The number of hydrogen-bond donors (Lipinski definition) is 2. The Hall–Kier alpha value is -2.37. The standard InChI is InChI=1S/C13H14N2O4/c1-15-7-9-6-8(11(16)4-5-12(17)18)2-3-10(9)14-13(15)19/h2-3,6H,4-5,7H2,1H3,(H,14,19)(H,17,18).